The van der Waals surface area contributed by atoms with E-state index in [9.17, 15) is 9.90 Å². The van der Waals surface area contributed by atoms with E-state index in [1.54, 1.807) is 23.3 Å². The number of hydrogen-bond acceptors (Lipinski definition) is 6. The third-order valence-corrected chi connectivity index (χ3v) is 5.04. The van der Waals surface area contributed by atoms with E-state index in [-0.39, 0.29) is 18.9 Å². The van der Waals surface area contributed by atoms with Crippen molar-refractivity contribution in [3.8, 4) is 0 Å². The lowest BCUT2D eigenvalue weighted by Gasteiger charge is -2.39. The third-order valence-electron chi connectivity index (χ3n) is 5.04. The van der Waals surface area contributed by atoms with Gasteiger partial charge in [0.05, 0.1) is 23.9 Å². The van der Waals surface area contributed by atoms with Gasteiger partial charge in [-0.1, -0.05) is 0 Å². The molecule has 1 saturated heterocycles. The quantitative estimate of drug-likeness (QED) is 0.809. The summed E-state index contributed by atoms with van der Waals surface area (Å²) in [5.74, 6) is 0.646. The number of aryl methyl sites for hydroxylation is 2. The van der Waals surface area contributed by atoms with Gasteiger partial charge in [-0.25, -0.2) is 4.98 Å². The van der Waals surface area contributed by atoms with Crippen LogP contribution in [0.1, 0.15) is 29.8 Å². The molecule has 0 unspecified atom stereocenters. The molecule has 0 saturated carbocycles. The van der Waals surface area contributed by atoms with Crippen LogP contribution in [0.3, 0.4) is 0 Å². The summed E-state index contributed by atoms with van der Waals surface area (Å²) in [4.78, 5) is 22.8. The minimum absolute atomic E-state index is 0.103. The van der Waals surface area contributed by atoms with Crippen molar-refractivity contribution in [3.63, 3.8) is 0 Å². The first-order valence-corrected chi connectivity index (χ1v) is 8.87. The number of rotatable bonds is 5. The second kappa shape index (κ2) is 7.41. The molecule has 2 aromatic heterocycles. The first-order valence-electron chi connectivity index (χ1n) is 8.87. The number of amides is 1. The summed E-state index contributed by atoms with van der Waals surface area (Å²) >= 11 is 0. The van der Waals surface area contributed by atoms with Gasteiger partial charge in [-0.15, -0.1) is 0 Å². The normalized spacial score (nSPS) is 20.2. The monoisotopic (exact) mass is 358 g/mol. The van der Waals surface area contributed by atoms with E-state index in [1.165, 1.54) is 0 Å². The molecule has 3 heterocycles. The van der Waals surface area contributed by atoms with Crippen LogP contribution in [0.4, 0.5) is 5.82 Å². The van der Waals surface area contributed by atoms with Crippen molar-refractivity contribution in [3.05, 3.63) is 35.5 Å². The van der Waals surface area contributed by atoms with E-state index in [2.05, 4.69) is 20.4 Å². The van der Waals surface area contributed by atoms with Gasteiger partial charge in [0, 0.05) is 50.3 Å². The number of nitrogens with one attached hydrogen (secondary N) is 1. The van der Waals surface area contributed by atoms with Gasteiger partial charge in [-0.3, -0.25) is 14.5 Å². The summed E-state index contributed by atoms with van der Waals surface area (Å²) in [6, 6.07) is 0. The van der Waals surface area contributed by atoms with Crippen LogP contribution in [0.2, 0.25) is 0 Å². The molecule has 26 heavy (non-hydrogen) atoms. The zero-order valence-electron chi connectivity index (χ0n) is 15.6. The molecule has 140 valence electrons. The maximum Gasteiger partial charge on any atom is 0.224 e. The summed E-state index contributed by atoms with van der Waals surface area (Å²) in [5.41, 5.74) is 1.83. The van der Waals surface area contributed by atoms with Gasteiger partial charge in [-0.2, -0.15) is 5.10 Å². The van der Waals surface area contributed by atoms with Crippen molar-refractivity contribution in [2.24, 2.45) is 7.05 Å². The molecular weight excluding hydrogens is 332 g/mol. The standard InChI is InChI=1S/C18H26N6O2/c1-13-15(14(2)23(3)22-13)9-17(25)21-11-18(26)5-4-8-24(12-18)16-10-19-6-7-20-16/h6-7,10,26H,4-5,8-9,11-12H2,1-3H3,(H,21,25)/t18-/m1/s1. The number of nitrogens with zero attached hydrogens (tertiary/aromatic N) is 5. The molecule has 0 aliphatic carbocycles. The minimum Gasteiger partial charge on any atom is -0.386 e. The van der Waals surface area contributed by atoms with Crippen molar-refractivity contribution < 1.29 is 9.90 Å². The first kappa shape index (κ1) is 18.3. The van der Waals surface area contributed by atoms with Gasteiger partial charge >= 0.3 is 0 Å². The summed E-state index contributed by atoms with van der Waals surface area (Å²) in [6.07, 6.45) is 6.72. The topological polar surface area (TPSA) is 96.2 Å². The molecule has 0 radical (unpaired) electrons. The second-order valence-electron chi connectivity index (χ2n) is 7.04. The number of hydrogen-bond donors (Lipinski definition) is 2. The molecule has 8 heteroatoms. The molecule has 1 atom stereocenters. The number of aromatic nitrogens is 4. The Kier molecular flexibility index (Phi) is 5.22. The highest BCUT2D eigenvalue weighted by molar-refractivity contribution is 5.79. The Labute approximate surface area is 153 Å². The number of carbonyl (C=O) groups is 1. The van der Waals surface area contributed by atoms with E-state index in [1.807, 2.05) is 25.8 Å². The molecular formula is C18H26N6O2. The Morgan fingerprint density at radius 1 is 1.38 bits per heavy atom. The van der Waals surface area contributed by atoms with Crippen molar-refractivity contribution in [1.82, 2.24) is 25.1 Å². The minimum atomic E-state index is -0.968. The van der Waals surface area contributed by atoms with Crippen LogP contribution < -0.4 is 10.2 Å². The average Bonchev–Trinajstić information content (AvgIpc) is 2.87. The largest absolute Gasteiger partial charge is 0.386 e. The van der Waals surface area contributed by atoms with Gasteiger partial charge in [0.15, 0.2) is 0 Å². The van der Waals surface area contributed by atoms with Crippen molar-refractivity contribution in [1.29, 1.82) is 0 Å². The molecule has 1 aliphatic rings. The molecule has 1 fully saturated rings. The van der Waals surface area contributed by atoms with Crippen molar-refractivity contribution in [2.45, 2.75) is 38.7 Å². The molecule has 2 N–H and O–H groups in total. The number of aliphatic hydroxyl groups is 1. The SMILES string of the molecule is Cc1nn(C)c(C)c1CC(=O)NC[C@]1(O)CCCN(c2cnccn2)C1. The van der Waals surface area contributed by atoms with Gasteiger partial charge in [0.2, 0.25) is 5.91 Å². The van der Waals surface area contributed by atoms with E-state index in [0.29, 0.717) is 13.0 Å². The lowest BCUT2D eigenvalue weighted by molar-refractivity contribution is -0.121. The van der Waals surface area contributed by atoms with Crippen molar-refractivity contribution >= 4 is 11.7 Å². The predicted molar refractivity (Wildman–Crippen MR) is 97.8 cm³/mol. The highest BCUT2D eigenvalue weighted by Crippen LogP contribution is 2.24. The van der Waals surface area contributed by atoms with E-state index >= 15 is 0 Å². The summed E-state index contributed by atoms with van der Waals surface area (Å²) in [5, 5.41) is 18.1. The van der Waals surface area contributed by atoms with Gasteiger partial charge in [0.25, 0.3) is 0 Å². The van der Waals surface area contributed by atoms with Crippen LogP contribution in [0.25, 0.3) is 0 Å². The molecule has 8 nitrogen and oxygen atoms in total. The van der Waals surface area contributed by atoms with Gasteiger partial charge in [-0.05, 0) is 26.7 Å². The fraction of sp³-hybridized carbons (Fsp3) is 0.556. The third kappa shape index (κ3) is 4.01. The molecule has 0 bridgehead atoms. The van der Waals surface area contributed by atoms with Gasteiger partial charge in [0.1, 0.15) is 5.82 Å². The zero-order chi connectivity index (χ0) is 18.7. The van der Waals surface area contributed by atoms with Gasteiger partial charge < -0.3 is 15.3 Å². The van der Waals surface area contributed by atoms with E-state index < -0.39 is 5.60 Å². The number of piperidine rings is 1. The molecule has 1 amide bonds. The fourth-order valence-electron chi connectivity index (χ4n) is 3.47. The molecule has 1 aliphatic heterocycles. The Morgan fingerprint density at radius 2 is 2.19 bits per heavy atom. The Morgan fingerprint density at radius 3 is 2.85 bits per heavy atom. The first-order chi connectivity index (χ1) is 12.4. The predicted octanol–water partition coefficient (Wildman–Crippen LogP) is 0.517. The molecule has 0 aromatic carbocycles. The molecule has 0 spiro atoms. The summed E-state index contributed by atoms with van der Waals surface area (Å²) in [6.45, 7) is 5.33. The lowest BCUT2D eigenvalue weighted by Crippen LogP contribution is -2.54. The maximum absolute atomic E-state index is 12.4. The second-order valence-corrected chi connectivity index (χ2v) is 7.04. The van der Waals surface area contributed by atoms with Crippen LogP contribution in [0.15, 0.2) is 18.6 Å². The Bertz CT molecular complexity index is 775. The number of carbonyl (C=O) groups excluding carboxylic acids is 1. The highest BCUT2D eigenvalue weighted by atomic mass is 16.3. The van der Waals surface area contributed by atoms with Crippen LogP contribution in [0, 0.1) is 13.8 Å². The van der Waals surface area contributed by atoms with Crippen LogP contribution in [-0.4, -0.2) is 56.0 Å². The Hall–Kier alpha value is -2.48. The number of β-amino-alcohol motifs (C(OH)–C–C–N with tert-alkyl or cyclic N) is 1. The summed E-state index contributed by atoms with van der Waals surface area (Å²) < 4.78 is 1.78. The van der Waals surface area contributed by atoms with Crippen LogP contribution in [-0.2, 0) is 18.3 Å². The van der Waals surface area contributed by atoms with Crippen molar-refractivity contribution in [2.75, 3.05) is 24.5 Å². The summed E-state index contributed by atoms with van der Waals surface area (Å²) in [7, 11) is 1.87. The molecule has 3 rings (SSSR count). The van der Waals surface area contributed by atoms with E-state index in [0.717, 1.165) is 35.7 Å². The Balaban J connectivity index is 1.58. The average molecular weight is 358 g/mol. The number of anilines is 1. The van der Waals surface area contributed by atoms with Crippen LogP contribution in [0.5, 0.6) is 0 Å². The lowest BCUT2D eigenvalue weighted by atomic mass is 9.92. The highest BCUT2D eigenvalue weighted by Gasteiger charge is 2.34. The van der Waals surface area contributed by atoms with Crippen LogP contribution >= 0.6 is 0 Å². The maximum atomic E-state index is 12.4. The smallest absolute Gasteiger partial charge is 0.224 e. The fourth-order valence-corrected chi connectivity index (χ4v) is 3.47. The molecule has 2 aromatic rings. The van der Waals surface area contributed by atoms with E-state index in [4.69, 9.17) is 0 Å². The zero-order valence-corrected chi connectivity index (χ0v) is 15.6.